The minimum absolute atomic E-state index is 0.184. The molecule has 1 N–H and O–H groups in total. The van der Waals surface area contributed by atoms with Crippen LogP contribution in [0.2, 0.25) is 5.02 Å². The van der Waals surface area contributed by atoms with Crippen molar-refractivity contribution in [3.05, 3.63) is 70.3 Å². The van der Waals surface area contributed by atoms with Gasteiger partial charge in [0.2, 0.25) is 10.0 Å². The van der Waals surface area contributed by atoms with Crippen LogP contribution >= 0.6 is 11.6 Å². The molecule has 248 valence electrons. The average molecular weight is 671 g/mol. The van der Waals surface area contributed by atoms with Crippen LogP contribution < -0.4 is 14.4 Å². The zero-order chi connectivity index (χ0) is 32.3. The van der Waals surface area contributed by atoms with E-state index in [1.165, 1.54) is 0 Å². The fourth-order valence-electron chi connectivity index (χ4n) is 7.06. The number of fused-ring (bicyclic) bond motifs is 3. The Morgan fingerprint density at radius 2 is 1.89 bits per heavy atom. The summed E-state index contributed by atoms with van der Waals surface area (Å²) >= 11 is 6.34. The maximum Gasteiger partial charge on any atom is 0.335 e. The largest absolute Gasteiger partial charge is 0.487 e. The molecule has 0 aromatic heterocycles. The van der Waals surface area contributed by atoms with Crippen LogP contribution in [0.1, 0.15) is 79.8 Å². The number of cyclic esters (lactones) is 1. The molecule has 1 aliphatic carbocycles. The van der Waals surface area contributed by atoms with Crippen LogP contribution in [0.5, 0.6) is 5.75 Å². The number of nitrogens with one attached hydrogen (secondary N) is 1. The maximum atomic E-state index is 13.4. The van der Waals surface area contributed by atoms with Crippen LogP contribution in [0.25, 0.3) is 0 Å². The minimum Gasteiger partial charge on any atom is -0.487 e. The first kappa shape index (κ1) is 32.8. The van der Waals surface area contributed by atoms with E-state index in [0.717, 1.165) is 55.5 Å². The van der Waals surface area contributed by atoms with Crippen LogP contribution in [0.4, 0.5) is 5.69 Å². The molecule has 2 fully saturated rings. The van der Waals surface area contributed by atoms with Gasteiger partial charge >= 0.3 is 5.97 Å². The Labute approximate surface area is 276 Å². The molecule has 2 aromatic carbocycles. The first-order chi connectivity index (χ1) is 22.2. The molecule has 5 atom stereocenters. The second-order valence-corrected chi connectivity index (χ2v) is 15.2. The number of halogens is 1. The minimum atomic E-state index is -3.93. The van der Waals surface area contributed by atoms with Gasteiger partial charge in [0.05, 0.1) is 23.6 Å². The van der Waals surface area contributed by atoms with Crippen molar-refractivity contribution in [1.82, 2.24) is 4.72 Å². The van der Waals surface area contributed by atoms with Crippen molar-refractivity contribution in [2.75, 3.05) is 24.6 Å². The number of benzene rings is 2. The van der Waals surface area contributed by atoms with E-state index >= 15 is 0 Å². The molecular weight excluding hydrogens is 628 g/mol. The first-order valence-corrected chi connectivity index (χ1v) is 18.5. The number of ether oxygens (including phenoxy) is 3. The van der Waals surface area contributed by atoms with Gasteiger partial charge in [-0.1, -0.05) is 36.7 Å². The van der Waals surface area contributed by atoms with Gasteiger partial charge < -0.3 is 19.1 Å². The summed E-state index contributed by atoms with van der Waals surface area (Å²) in [6.07, 6.45) is 9.57. The average Bonchev–Trinajstić information content (AvgIpc) is 3.41. The van der Waals surface area contributed by atoms with Crippen molar-refractivity contribution < 1.29 is 32.2 Å². The van der Waals surface area contributed by atoms with E-state index in [-0.39, 0.29) is 29.5 Å². The quantitative estimate of drug-likeness (QED) is 0.314. The maximum absolute atomic E-state index is 13.4. The molecule has 46 heavy (non-hydrogen) atoms. The Kier molecular flexibility index (Phi) is 10.3. The number of hydrogen-bond acceptors (Lipinski definition) is 8. The zero-order valence-electron chi connectivity index (χ0n) is 26.3. The number of sulfonamides is 1. The molecule has 3 aliphatic heterocycles. The second kappa shape index (κ2) is 14.4. The van der Waals surface area contributed by atoms with E-state index in [2.05, 4.69) is 9.62 Å². The lowest BCUT2D eigenvalue weighted by molar-refractivity contribution is -0.152. The molecule has 11 heteroatoms. The molecule has 0 spiro atoms. The highest BCUT2D eigenvalue weighted by molar-refractivity contribution is 7.90. The third-order valence-electron chi connectivity index (χ3n) is 9.91. The predicted molar refractivity (Wildman–Crippen MR) is 177 cm³/mol. The Hall–Kier alpha value is -3.08. The molecule has 4 aliphatic rings. The Morgan fingerprint density at radius 3 is 2.65 bits per heavy atom. The van der Waals surface area contributed by atoms with E-state index in [4.69, 9.17) is 25.8 Å². The number of aryl methyl sites for hydroxylation is 1. The molecule has 3 heterocycles. The number of carbonyl (C=O) groups excluding carboxylic acids is 2. The number of carbonyl (C=O) groups is 2. The molecule has 1 saturated heterocycles. The van der Waals surface area contributed by atoms with E-state index in [9.17, 15) is 18.0 Å². The van der Waals surface area contributed by atoms with Crippen molar-refractivity contribution in [3.63, 3.8) is 0 Å². The fraction of sp³-hybridized carbons (Fsp3) is 0.543. The Bertz CT molecular complexity index is 1580. The monoisotopic (exact) mass is 670 g/mol. The molecule has 9 nitrogen and oxygen atoms in total. The van der Waals surface area contributed by atoms with Gasteiger partial charge in [-0.05, 0) is 105 Å². The lowest BCUT2D eigenvalue weighted by Crippen LogP contribution is -2.45. The molecule has 6 rings (SSSR count). The summed E-state index contributed by atoms with van der Waals surface area (Å²) in [5.41, 5.74) is 3.26. The lowest BCUT2D eigenvalue weighted by Gasteiger charge is -2.44. The molecular formula is C35H43ClN2O7S. The first-order valence-electron chi connectivity index (χ1n) is 16.6. The topological polar surface area (TPSA) is 111 Å². The lowest BCUT2D eigenvalue weighted by atomic mass is 9.70. The number of amides is 1. The highest BCUT2D eigenvalue weighted by atomic mass is 35.5. The summed E-state index contributed by atoms with van der Waals surface area (Å²) in [4.78, 5) is 28.1. The van der Waals surface area contributed by atoms with Crippen LogP contribution in [0.15, 0.2) is 48.6 Å². The van der Waals surface area contributed by atoms with Crippen molar-refractivity contribution in [2.45, 2.75) is 88.8 Å². The van der Waals surface area contributed by atoms with Gasteiger partial charge in [-0.25, -0.2) is 17.9 Å². The molecule has 0 unspecified atom stereocenters. The summed E-state index contributed by atoms with van der Waals surface area (Å²) in [5, 5.41) is -0.0355. The number of hydrogen-bond donors (Lipinski definition) is 1. The van der Waals surface area contributed by atoms with E-state index in [1.54, 1.807) is 18.2 Å². The summed E-state index contributed by atoms with van der Waals surface area (Å²) in [5.74, 6) is 0.139. The van der Waals surface area contributed by atoms with Crippen LogP contribution in [-0.4, -0.2) is 57.4 Å². The zero-order valence-corrected chi connectivity index (χ0v) is 27.9. The van der Waals surface area contributed by atoms with Crippen LogP contribution in [-0.2, 0) is 37.3 Å². The van der Waals surface area contributed by atoms with E-state index in [1.807, 2.05) is 37.3 Å². The van der Waals surface area contributed by atoms with Gasteiger partial charge in [0.1, 0.15) is 12.4 Å². The highest BCUT2D eigenvalue weighted by Crippen LogP contribution is 2.42. The van der Waals surface area contributed by atoms with Crippen molar-refractivity contribution >= 4 is 39.2 Å². The predicted octanol–water partition coefficient (Wildman–Crippen LogP) is 5.98. The van der Waals surface area contributed by atoms with Crippen molar-refractivity contribution in [3.8, 4) is 5.75 Å². The third-order valence-corrected chi connectivity index (χ3v) is 12.1. The van der Waals surface area contributed by atoms with Crippen molar-refractivity contribution in [1.29, 1.82) is 0 Å². The van der Waals surface area contributed by atoms with Gasteiger partial charge in [0, 0.05) is 30.1 Å². The second-order valence-electron chi connectivity index (χ2n) is 12.8. The van der Waals surface area contributed by atoms with Crippen LogP contribution in [0, 0.1) is 11.8 Å². The Morgan fingerprint density at radius 1 is 1.02 bits per heavy atom. The smallest absolute Gasteiger partial charge is 0.335 e. The molecule has 2 bridgehead atoms. The number of rotatable bonds is 3. The molecule has 0 radical (unpaired) electrons. The highest BCUT2D eigenvalue weighted by Gasteiger charge is 2.41. The van der Waals surface area contributed by atoms with Crippen molar-refractivity contribution in [2.24, 2.45) is 11.8 Å². The third kappa shape index (κ3) is 7.39. The van der Waals surface area contributed by atoms with Gasteiger partial charge in [-0.15, -0.1) is 0 Å². The van der Waals surface area contributed by atoms with E-state index in [0.29, 0.717) is 56.2 Å². The summed E-state index contributed by atoms with van der Waals surface area (Å²) in [6, 6.07) is 11.1. The normalized spacial score (nSPS) is 29.1. The van der Waals surface area contributed by atoms with E-state index < -0.39 is 27.3 Å². The summed E-state index contributed by atoms with van der Waals surface area (Å²) in [6.45, 7) is 3.96. The van der Waals surface area contributed by atoms with Gasteiger partial charge in [-0.3, -0.25) is 4.79 Å². The fourth-order valence-corrected chi connectivity index (χ4v) is 8.68. The molecule has 1 amide bonds. The SMILES string of the molecule is CC[C@@H]1CC/C=C/[C@H](O[C@H]2CCOC2=O)[C@@H]2CC[C@H]2CN2CCCCc3cc(Cl)ccc3COc3ccc(cc32)C(=O)NS1(=O)=O. The molecule has 1 saturated carbocycles. The van der Waals surface area contributed by atoms with Gasteiger partial charge in [-0.2, -0.15) is 0 Å². The number of anilines is 1. The number of esters is 1. The number of allylic oxidation sites excluding steroid dienone is 1. The number of nitrogens with zero attached hydrogens (tertiary/aromatic N) is 1. The van der Waals surface area contributed by atoms with Gasteiger partial charge in [0.25, 0.3) is 5.91 Å². The molecule has 2 aromatic rings. The van der Waals surface area contributed by atoms with Crippen LogP contribution in [0.3, 0.4) is 0 Å². The summed E-state index contributed by atoms with van der Waals surface area (Å²) < 4.78 is 47.1. The van der Waals surface area contributed by atoms with Gasteiger partial charge in [0.15, 0.2) is 6.10 Å². The standard InChI is InChI=1S/C35H43ClN2O7S/c1-2-28-8-3-4-9-31(45-33-16-18-43-35(33)40)29-14-11-25(29)21-38-17-6-5-7-23-19-27(36)13-10-26(23)22-44-32-15-12-24(20-30(32)38)34(39)37-46(28,41)42/h4,9-10,12-13,15,19-20,25,28-29,31,33H,2-3,5-8,11,14,16-18,21-22H2,1H3,(H,37,39)/b9-4+/t25-,28+,29+,31-,33-/m0/s1. The summed E-state index contributed by atoms with van der Waals surface area (Å²) in [7, 11) is -3.93. The Balaban J connectivity index is 1.37.